The maximum absolute atomic E-state index is 10.7. The number of carbonyl (C=O) groups is 2. The molecule has 0 aromatic rings. The third kappa shape index (κ3) is 9.21. The summed E-state index contributed by atoms with van der Waals surface area (Å²) in [6.07, 6.45) is 4.90. The highest BCUT2D eigenvalue weighted by Gasteiger charge is 2.26. The summed E-state index contributed by atoms with van der Waals surface area (Å²) >= 11 is 0. The molecule has 0 bridgehead atoms. The molecule has 2 aliphatic rings. The molecule has 0 aliphatic heterocycles. The molecule has 0 saturated heterocycles. The molecule has 0 heterocycles. The molecule has 2 amide bonds. The van der Waals surface area contributed by atoms with Crippen LogP contribution in [0.3, 0.4) is 0 Å². The highest BCUT2D eigenvalue weighted by molar-refractivity contribution is 5.73. The highest BCUT2D eigenvalue weighted by atomic mass is 16.3. The molecule has 2 aliphatic carbocycles. The van der Waals surface area contributed by atoms with Crippen LogP contribution in [0, 0.1) is 11.8 Å². The largest absolute Gasteiger partial charge is 0.393 e. The van der Waals surface area contributed by atoms with E-state index in [9.17, 15) is 19.8 Å². The fraction of sp³-hybridized carbons (Fsp3) is 0.895. The number of amides is 2. The third-order valence-corrected chi connectivity index (χ3v) is 5.06. The molecular weight excluding hydrogens is 320 g/mol. The predicted molar refractivity (Wildman–Crippen MR) is 100.0 cm³/mol. The van der Waals surface area contributed by atoms with Gasteiger partial charge in [0.15, 0.2) is 0 Å². The van der Waals surface area contributed by atoms with E-state index in [1.54, 1.807) is 0 Å². The summed E-state index contributed by atoms with van der Waals surface area (Å²) in [6, 6.07) is 0.557. The van der Waals surface area contributed by atoms with Crippen molar-refractivity contribution in [2.45, 2.75) is 97.9 Å². The molecule has 2 saturated carbocycles. The van der Waals surface area contributed by atoms with E-state index in [0.29, 0.717) is 11.8 Å². The molecule has 0 aromatic heterocycles. The van der Waals surface area contributed by atoms with Crippen LogP contribution in [0.2, 0.25) is 0 Å². The van der Waals surface area contributed by atoms with E-state index in [1.807, 2.05) is 13.8 Å². The Balaban J connectivity index is 0.000000443. The van der Waals surface area contributed by atoms with Crippen LogP contribution in [0.15, 0.2) is 0 Å². The van der Waals surface area contributed by atoms with Gasteiger partial charge in [0.25, 0.3) is 0 Å². The number of nitrogens with one attached hydrogen (secondary N) is 2. The van der Waals surface area contributed by atoms with Gasteiger partial charge in [-0.3, -0.25) is 9.59 Å². The van der Waals surface area contributed by atoms with Gasteiger partial charge >= 0.3 is 0 Å². The lowest BCUT2D eigenvalue weighted by molar-refractivity contribution is -0.121. The van der Waals surface area contributed by atoms with E-state index in [4.69, 9.17) is 0 Å². The molecule has 2 rings (SSSR count). The highest BCUT2D eigenvalue weighted by Crippen LogP contribution is 2.24. The van der Waals surface area contributed by atoms with Crippen molar-refractivity contribution in [1.29, 1.82) is 0 Å². The summed E-state index contributed by atoms with van der Waals surface area (Å²) in [7, 11) is 0. The molecule has 148 valence electrons. The first-order chi connectivity index (χ1) is 11.2. The van der Waals surface area contributed by atoms with E-state index in [1.165, 1.54) is 13.8 Å². The van der Waals surface area contributed by atoms with Crippen molar-refractivity contribution < 1.29 is 19.8 Å². The minimum absolute atomic E-state index is 0. The Kier molecular flexibility index (Phi) is 10.9. The van der Waals surface area contributed by atoms with E-state index in [0.717, 1.165) is 38.5 Å². The second kappa shape index (κ2) is 11.5. The van der Waals surface area contributed by atoms with Crippen molar-refractivity contribution >= 4 is 11.8 Å². The fourth-order valence-electron chi connectivity index (χ4n) is 3.60. The summed E-state index contributed by atoms with van der Waals surface area (Å²) in [5.41, 5.74) is 0. The van der Waals surface area contributed by atoms with Gasteiger partial charge in [-0.2, -0.15) is 0 Å². The van der Waals surface area contributed by atoms with Gasteiger partial charge in [-0.25, -0.2) is 0 Å². The molecule has 6 heteroatoms. The lowest BCUT2D eigenvalue weighted by Crippen LogP contribution is -2.40. The zero-order valence-corrected chi connectivity index (χ0v) is 15.4. The van der Waals surface area contributed by atoms with Gasteiger partial charge in [0, 0.05) is 25.9 Å². The van der Waals surface area contributed by atoms with Gasteiger partial charge in [-0.1, -0.05) is 21.3 Å². The van der Waals surface area contributed by atoms with Crippen LogP contribution in [0.1, 0.15) is 73.6 Å². The van der Waals surface area contributed by atoms with Crippen molar-refractivity contribution in [1.82, 2.24) is 10.6 Å². The van der Waals surface area contributed by atoms with E-state index in [-0.39, 0.29) is 43.5 Å². The van der Waals surface area contributed by atoms with Crippen molar-refractivity contribution in [3.8, 4) is 0 Å². The SMILES string of the molecule is C.CC(=O)N[C@@H]1CC[C@@H](O)[C@H](C)C1.CC(=O)N[C@H]1CC[C@H](O)[C@@H](C)C1. The Morgan fingerprint density at radius 1 is 0.760 bits per heavy atom. The molecule has 0 aromatic carbocycles. The lowest BCUT2D eigenvalue weighted by atomic mass is 9.84. The van der Waals surface area contributed by atoms with Crippen LogP contribution in [-0.4, -0.2) is 46.3 Å². The van der Waals surface area contributed by atoms with E-state index >= 15 is 0 Å². The third-order valence-electron chi connectivity index (χ3n) is 5.06. The first-order valence-corrected chi connectivity index (χ1v) is 9.09. The number of carbonyl (C=O) groups excluding carboxylic acids is 2. The standard InChI is InChI=1S/2C9H17NO2.CH4/c2*1-6-5-8(10-7(2)11)3-4-9(6)12;/h2*6,8-9,12H,3-5H2,1-2H3,(H,10,11);1H4/t2*6-,8-,9-;/m10./s1. The number of aliphatic hydroxyl groups excluding tert-OH is 2. The molecular formula is C19H38N2O4. The predicted octanol–water partition coefficient (Wildman–Crippen LogP) is 1.98. The lowest BCUT2D eigenvalue weighted by Gasteiger charge is -2.31. The zero-order chi connectivity index (χ0) is 18.3. The summed E-state index contributed by atoms with van der Waals surface area (Å²) in [5, 5.41) is 24.6. The van der Waals surface area contributed by atoms with Crippen LogP contribution in [0.4, 0.5) is 0 Å². The van der Waals surface area contributed by atoms with Gasteiger partial charge in [0.1, 0.15) is 0 Å². The quantitative estimate of drug-likeness (QED) is 0.606. The molecule has 6 nitrogen and oxygen atoms in total. The van der Waals surface area contributed by atoms with Gasteiger partial charge in [-0.15, -0.1) is 0 Å². The summed E-state index contributed by atoms with van der Waals surface area (Å²) in [5.74, 6) is 0.693. The fourth-order valence-corrected chi connectivity index (χ4v) is 3.60. The Labute approximate surface area is 152 Å². The van der Waals surface area contributed by atoms with Crippen molar-refractivity contribution in [3.63, 3.8) is 0 Å². The van der Waals surface area contributed by atoms with E-state index < -0.39 is 0 Å². The second-order valence-electron chi connectivity index (χ2n) is 7.51. The first kappa shape index (κ1) is 23.9. The van der Waals surface area contributed by atoms with Crippen LogP contribution in [0.5, 0.6) is 0 Å². The Morgan fingerprint density at radius 3 is 1.32 bits per heavy atom. The summed E-state index contributed by atoms with van der Waals surface area (Å²) in [6.45, 7) is 7.13. The Hall–Kier alpha value is -1.14. The maximum atomic E-state index is 10.7. The van der Waals surface area contributed by atoms with Crippen LogP contribution >= 0.6 is 0 Å². The first-order valence-electron chi connectivity index (χ1n) is 9.09. The monoisotopic (exact) mass is 358 g/mol. The summed E-state index contributed by atoms with van der Waals surface area (Å²) in [4.78, 5) is 21.5. The average molecular weight is 359 g/mol. The van der Waals surface area contributed by atoms with Crippen molar-refractivity contribution in [2.75, 3.05) is 0 Å². The van der Waals surface area contributed by atoms with Gasteiger partial charge in [0.05, 0.1) is 12.2 Å². The average Bonchev–Trinajstić information content (AvgIpc) is 2.46. The maximum Gasteiger partial charge on any atom is 0.217 e. The number of aliphatic hydroxyl groups is 2. The van der Waals surface area contributed by atoms with Gasteiger partial charge in [-0.05, 0) is 50.4 Å². The van der Waals surface area contributed by atoms with Crippen molar-refractivity contribution in [2.24, 2.45) is 11.8 Å². The van der Waals surface area contributed by atoms with Crippen LogP contribution in [-0.2, 0) is 9.59 Å². The number of hydrogen-bond donors (Lipinski definition) is 4. The van der Waals surface area contributed by atoms with Crippen LogP contribution < -0.4 is 10.6 Å². The Morgan fingerprint density at radius 2 is 1.08 bits per heavy atom. The number of hydrogen-bond acceptors (Lipinski definition) is 4. The number of rotatable bonds is 2. The molecule has 6 atom stereocenters. The molecule has 0 spiro atoms. The van der Waals surface area contributed by atoms with Crippen LogP contribution in [0.25, 0.3) is 0 Å². The van der Waals surface area contributed by atoms with Gasteiger partial charge in [0.2, 0.25) is 11.8 Å². The molecule has 2 fully saturated rings. The van der Waals surface area contributed by atoms with Crippen molar-refractivity contribution in [3.05, 3.63) is 0 Å². The second-order valence-corrected chi connectivity index (χ2v) is 7.51. The molecule has 25 heavy (non-hydrogen) atoms. The molecule has 4 N–H and O–H groups in total. The smallest absolute Gasteiger partial charge is 0.217 e. The topological polar surface area (TPSA) is 98.7 Å². The molecule has 0 radical (unpaired) electrons. The minimum atomic E-state index is -0.171. The zero-order valence-electron chi connectivity index (χ0n) is 15.4. The summed E-state index contributed by atoms with van der Waals surface area (Å²) < 4.78 is 0. The van der Waals surface area contributed by atoms with Gasteiger partial charge < -0.3 is 20.8 Å². The Bertz CT molecular complexity index is 378. The van der Waals surface area contributed by atoms with E-state index in [2.05, 4.69) is 10.6 Å². The minimum Gasteiger partial charge on any atom is -0.393 e. The molecule has 0 unspecified atom stereocenters. The normalized spacial score (nSPS) is 34.6.